The van der Waals surface area contributed by atoms with Crippen molar-refractivity contribution in [3.63, 3.8) is 0 Å². The number of fused-ring (bicyclic) bond motifs is 1. The van der Waals surface area contributed by atoms with E-state index in [1.165, 1.54) is 23.3 Å². The van der Waals surface area contributed by atoms with Gasteiger partial charge in [-0.3, -0.25) is 0 Å². The minimum absolute atomic E-state index is 0.151. The summed E-state index contributed by atoms with van der Waals surface area (Å²) in [5.74, 6) is 2.01. The number of hydrogen-bond acceptors (Lipinski definition) is 4. The van der Waals surface area contributed by atoms with Crippen LogP contribution in [0.2, 0.25) is 0 Å². The number of aryl methyl sites for hydroxylation is 1. The van der Waals surface area contributed by atoms with Crippen molar-refractivity contribution in [3.05, 3.63) is 99.9 Å². The minimum Gasteiger partial charge on any atom is -0.341 e. The Balaban J connectivity index is 1.63. The molecule has 0 radical (unpaired) electrons. The lowest BCUT2D eigenvalue weighted by Crippen LogP contribution is -2.40. The van der Waals surface area contributed by atoms with Crippen LogP contribution in [0.1, 0.15) is 40.6 Å². The van der Waals surface area contributed by atoms with Crippen LogP contribution in [0.25, 0.3) is 5.69 Å². The molecule has 1 fully saturated rings. The summed E-state index contributed by atoms with van der Waals surface area (Å²) < 4.78 is 2.01. The number of nitrogens with zero attached hydrogens (tertiary/aromatic N) is 4. The van der Waals surface area contributed by atoms with Gasteiger partial charge in [0.25, 0.3) is 0 Å². The van der Waals surface area contributed by atoms with Gasteiger partial charge in [-0.2, -0.15) is 5.10 Å². The molecule has 6 rings (SSSR count). The minimum atomic E-state index is 0.151. The maximum atomic E-state index is 5.26. The van der Waals surface area contributed by atoms with E-state index >= 15 is 0 Å². The van der Waals surface area contributed by atoms with E-state index in [0.717, 1.165) is 28.6 Å². The summed E-state index contributed by atoms with van der Waals surface area (Å²) in [6.07, 6.45) is 2.43. The van der Waals surface area contributed by atoms with E-state index in [0.29, 0.717) is 6.04 Å². The summed E-state index contributed by atoms with van der Waals surface area (Å²) in [5.41, 5.74) is 4.49. The van der Waals surface area contributed by atoms with E-state index in [4.69, 9.17) is 10.1 Å². The highest BCUT2D eigenvalue weighted by Gasteiger charge is 2.43. The van der Waals surface area contributed by atoms with Gasteiger partial charge in [0, 0.05) is 22.0 Å². The van der Waals surface area contributed by atoms with Crippen LogP contribution in [0.15, 0.2) is 83.2 Å². The Morgan fingerprint density at radius 2 is 1.63 bits per heavy atom. The van der Waals surface area contributed by atoms with Crippen LogP contribution in [-0.2, 0) is 0 Å². The summed E-state index contributed by atoms with van der Waals surface area (Å²) in [5, 5.41) is 7.12. The van der Waals surface area contributed by atoms with Gasteiger partial charge in [-0.05, 0) is 43.3 Å². The number of amidine groups is 1. The van der Waals surface area contributed by atoms with Crippen molar-refractivity contribution < 1.29 is 0 Å². The van der Waals surface area contributed by atoms with E-state index in [2.05, 4.69) is 83.9 Å². The van der Waals surface area contributed by atoms with Crippen molar-refractivity contribution in [2.45, 2.75) is 31.8 Å². The Morgan fingerprint density at radius 1 is 0.900 bits per heavy atom. The molecule has 148 valence electrons. The zero-order chi connectivity index (χ0) is 20.1. The Morgan fingerprint density at radius 3 is 2.30 bits per heavy atom. The van der Waals surface area contributed by atoms with E-state index < -0.39 is 0 Å². The predicted octanol–water partition coefficient (Wildman–Crippen LogP) is 5.89. The summed E-state index contributed by atoms with van der Waals surface area (Å²) in [6.45, 7) is 2.12. The van der Waals surface area contributed by atoms with E-state index in [1.807, 2.05) is 22.1 Å². The number of hydrogen-bond donors (Lipinski definition) is 0. The van der Waals surface area contributed by atoms with Gasteiger partial charge in [0.1, 0.15) is 5.84 Å². The van der Waals surface area contributed by atoms with E-state index in [-0.39, 0.29) is 6.04 Å². The zero-order valence-corrected chi connectivity index (χ0v) is 17.6. The average Bonchev–Trinajstić information content (AvgIpc) is 3.38. The molecule has 0 bridgehead atoms. The van der Waals surface area contributed by atoms with Crippen molar-refractivity contribution >= 4 is 23.0 Å². The maximum absolute atomic E-state index is 5.26. The third kappa shape index (κ3) is 2.81. The first-order valence-electron chi connectivity index (χ1n) is 10.4. The van der Waals surface area contributed by atoms with Crippen LogP contribution >= 0.6 is 11.3 Å². The Hall–Kier alpha value is -3.18. The molecule has 4 aromatic rings. The molecule has 5 heteroatoms. The normalized spacial score (nSPS) is 18.2. The van der Waals surface area contributed by atoms with Crippen molar-refractivity contribution in [3.8, 4) is 5.69 Å². The SMILES string of the molecule is Cc1nn(-c2ccccc2)c2c1[C@H](c1cccs1)N(C1CC1)C(c1ccccc1)=N2. The average molecular weight is 411 g/mol. The molecular weight excluding hydrogens is 388 g/mol. The van der Waals surface area contributed by atoms with Crippen LogP contribution in [0.4, 0.5) is 5.82 Å². The van der Waals surface area contributed by atoms with Gasteiger partial charge in [0.15, 0.2) is 5.82 Å². The number of aromatic nitrogens is 2. The molecule has 3 heterocycles. The zero-order valence-electron chi connectivity index (χ0n) is 16.8. The third-order valence-electron chi connectivity index (χ3n) is 5.87. The number of para-hydroxylation sites is 1. The first kappa shape index (κ1) is 17.7. The molecule has 0 N–H and O–H groups in total. The van der Waals surface area contributed by atoms with Crippen LogP contribution in [-0.4, -0.2) is 26.6 Å². The first-order valence-corrected chi connectivity index (χ1v) is 11.3. The molecule has 1 atom stereocenters. The van der Waals surface area contributed by atoms with Gasteiger partial charge in [-0.25, -0.2) is 9.67 Å². The lowest BCUT2D eigenvalue weighted by atomic mass is 9.99. The molecular formula is C25H22N4S. The summed E-state index contributed by atoms with van der Waals surface area (Å²) in [6, 6.07) is 26.0. The maximum Gasteiger partial charge on any atom is 0.163 e. The Kier molecular flexibility index (Phi) is 4.09. The molecule has 0 amide bonds. The molecule has 0 saturated heterocycles. The molecule has 2 aliphatic rings. The van der Waals surface area contributed by atoms with Gasteiger partial charge in [0.2, 0.25) is 0 Å². The van der Waals surface area contributed by atoms with Gasteiger partial charge in [0.05, 0.1) is 17.4 Å². The summed E-state index contributed by atoms with van der Waals surface area (Å²) >= 11 is 1.82. The van der Waals surface area contributed by atoms with Gasteiger partial charge in [-0.15, -0.1) is 11.3 Å². The standard InChI is InChI=1S/C25H22N4S/c1-17-22-23(21-13-8-16-30-21)28(19-14-15-19)24(18-9-4-2-5-10-18)26-25(22)29(27-17)20-11-6-3-7-12-20/h2-13,16,19,23H,14-15H2,1H3/t23-/m0/s1. The highest BCUT2D eigenvalue weighted by Crippen LogP contribution is 2.48. The molecule has 30 heavy (non-hydrogen) atoms. The van der Waals surface area contributed by atoms with Gasteiger partial charge >= 0.3 is 0 Å². The second-order valence-electron chi connectivity index (χ2n) is 7.93. The fourth-order valence-corrected chi connectivity index (χ4v) is 5.22. The Bertz CT molecular complexity index is 1210. The highest BCUT2D eigenvalue weighted by molar-refractivity contribution is 7.10. The predicted molar refractivity (Wildman–Crippen MR) is 122 cm³/mol. The van der Waals surface area contributed by atoms with Crippen LogP contribution in [0.3, 0.4) is 0 Å². The molecule has 1 aliphatic carbocycles. The van der Waals surface area contributed by atoms with Gasteiger partial charge < -0.3 is 4.90 Å². The second kappa shape index (κ2) is 6.96. The lowest BCUT2D eigenvalue weighted by Gasteiger charge is -2.37. The van der Waals surface area contributed by atoms with Crippen LogP contribution < -0.4 is 0 Å². The van der Waals surface area contributed by atoms with Crippen molar-refractivity contribution in [1.82, 2.24) is 14.7 Å². The fraction of sp³-hybridized carbons (Fsp3) is 0.200. The van der Waals surface area contributed by atoms with Crippen LogP contribution in [0.5, 0.6) is 0 Å². The molecule has 4 nitrogen and oxygen atoms in total. The van der Waals surface area contributed by atoms with E-state index in [9.17, 15) is 0 Å². The number of thiophene rings is 1. The van der Waals surface area contributed by atoms with Crippen molar-refractivity contribution in [2.75, 3.05) is 0 Å². The molecule has 2 aromatic carbocycles. The number of aliphatic imine (C=N–C) groups is 1. The summed E-state index contributed by atoms with van der Waals surface area (Å²) in [4.78, 5) is 9.16. The number of rotatable bonds is 4. The van der Waals surface area contributed by atoms with Gasteiger partial charge in [-0.1, -0.05) is 54.6 Å². The molecule has 0 spiro atoms. The fourth-order valence-electron chi connectivity index (χ4n) is 4.39. The quantitative estimate of drug-likeness (QED) is 0.420. The Labute approximate surface area is 180 Å². The smallest absolute Gasteiger partial charge is 0.163 e. The molecule has 2 aromatic heterocycles. The van der Waals surface area contributed by atoms with Crippen molar-refractivity contribution in [1.29, 1.82) is 0 Å². The second-order valence-corrected chi connectivity index (χ2v) is 8.91. The van der Waals surface area contributed by atoms with Crippen molar-refractivity contribution in [2.24, 2.45) is 4.99 Å². The lowest BCUT2D eigenvalue weighted by molar-refractivity contribution is 0.345. The molecule has 1 aliphatic heterocycles. The summed E-state index contributed by atoms with van der Waals surface area (Å²) in [7, 11) is 0. The van der Waals surface area contributed by atoms with Crippen LogP contribution in [0, 0.1) is 6.92 Å². The topological polar surface area (TPSA) is 33.4 Å². The molecule has 0 unspecified atom stereocenters. The highest BCUT2D eigenvalue weighted by atomic mass is 32.1. The first-order chi connectivity index (χ1) is 14.8. The third-order valence-corrected chi connectivity index (χ3v) is 6.80. The molecule has 1 saturated carbocycles. The number of benzene rings is 2. The monoisotopic (exact) mass is 410 g/mol. The van der Waals surface area contributed by atoms with E-state index in [1.54, 1.807) is 0 Å². The largest absolute Gasteiger partial charge is 0.341 e.